The Morgan fingerprint density at radius 3 is 3.00 bits per heavy atom. The molecule has 1 fully saturated rings. The molecule has 0 spiro atoms. The maximum Gasteiger partial charge on any atom is 0.358 e. The van der Waals surface area contributed by atoms with E-state index in [0.717, 1.165) is 19.6 Å². The van der Waals surface area contributed by atoms with Gasteiger partial charge in [-0.3, -0.25) is 4.90 Å². The third kappa shape index (κ3) is 2.20. The lowest BCUT2D eigenvalue weighted by molar-refractivity contribution is 0.0635. The zero-order valence-electron chi connectivity index (χ0n) is 9.04. The third-order valence-corrected chi connectivity index (χ3v) is 2.65. The van der Waals surface area contributed by atoms with Gasteiger partial charge < -0.3 is 9.84 Å². The second kappa shape index (κ2) is 4.58. The SMILES string of the molecule is COCCN1CC(n2cc(C(=O)O)nn2)C1. The number of hydrogen-bond acceptors (Lipinski definition) is 5. The van der Waals surface area contributed by atoms with Gasteiger partial charge in [0.2, 0.25) is 0 Å². The number of methoxy groups -OCH3 is 1. The molecule has 1 N–H and O–H groups in total. The van der Waals surface area contributed by atoms with Crippen LogP contribution in [0.1, 0.15) is 16.5 Å². The molecule has 2 heterocycles. The van der Waals surface area contributed by atoms with Crippen molar-refractivity contribution in [2.75, 3.05) is 33.4 Å². The summed E-state index contributed by atoms with van der Waals surface area (Å²) in [4.78, 5) is 12.8. The second-order valence-electron chi connectivity index (χ2n) is 3.80. The van der Waals surface area contributed by atoms with Gasteiger partial charge >= 0.3 is 5.97 Å². The van der Waals surface area contributed by atoms with Crippen molar-refractivity contribution in [2.24, 2.45) is 0 Å². The first-order valence-electron chi connectivity index (χ1n) is 5.07. The van der Waals surface area contributed by atoms with Gasteiger partial charge in [0.05, 0.1) is 18.8 Å². The summed E-state index contributed by atoms with van der Waals surface area (Å²) in [6.45, 7) is 3.34. The van der Waals surface area contributed by atoms with Gasteiger partial charge in [0, 0.05) is 26.7 Å². The Labute approximate surface area is 92.6 Å². The predicted molar refractivity (Wildman–Crippen MR) is 54.3 cm³/mol. The lowest BCUT2D eigenvalue weighted by Crippen LogP contribution is -2.49. The predicted octanol–water partition coefficient (Wildman–Crippen LogP) is -0.521. The van der Waals surface area contributed by atoms with Gasteiger partial charge in [0.15, 0.2) is 5.69 Å². The van der Waals surface area contributed by atoms with Crippen molar-refractivity contribution in [3.63, 3.8) is 0 Å². The van der Waals surface area contributed by atoms with Crippen molar-refractivity contribution in [1.82, 2.24) is 19.9 Å². The summed E-state index contributed by atoms with van der Waals surface area (Å²) in [6, 6.07) is 0.234. The van der Waals surface area contributed by atoms with E-state index in [1.807, 2.05) is 0 Å². The molecule has 1 aromatic heterocycles. The number of likely N-dealkylation sites (tertiary alicyclic amines) is 1. The lowest BCUT2D eigenvalue weighted by atomic mass is 10.1. The molecule has 7 nitrogen and oxygen atoms in total. The second-order valence-corrected chi connectivity index (χ2v) is 3.80. The first kappa shape index (κ1) is 11.0. The molecule has 2 rings (SSSR count). The highest BCUT2D eigenvalue weighted by Crippen LogP contribution is 2.19. The molecule has 1 saturated heterocycles. The van der Waals surface area contributed by atoms with Crippen LogP contribution < -0.4 is 0 Å². The maximum absolute atomic E-state index is 10.6. The molecule has 7 heteroatoms. The Morgan fingerprint density at radius 1 is 1.69 bits per heavy atom. The number of rotatable bonds is 5. The molecular weight excluding hydrogens is 212 g/mol. The lowest BCUT2D eigenvalue weighted by Gasteiger charge is -2.38. The Balaban J connectivity index is 1.84. The van der Waals surface area contributed by atoms with Crippen LogP contribution in [0, 0.1) is 0 Å². The number of carboxylic acid groups (broad SMARTS) is 1. The fourth-order valence-electron chi connectivity index (χ4n) is 1.67. The number of aromatic carboxylic acids is 1. The topological polar surface area (TPSA) is 80.5 Å². The minimum absolute atomic E-state index is 0.00431. The van der Waals surface area contributed by atoms with Crippen LogP contribution in [0.4, 0.5) is 0 Å². The first-order chi connectivity index (χ1) is 7.70. The highest BCUT2D eigenvalue weighted by Gasteiger charge is 2.29. The third-order valence-electron chi connectivity index (χ3n) is 2.65. The van der Waals surface area contributed by atoms with E-state index in [9.17, 15) is 4.79 Å². The Kier molecular flexibility index (Phi) is 3.16. The molecule has 0 aliphatic carbocycles. The standard InChI is InChI=1S/C9H14N4O3/c1-16-3-2-12-4-7(5-12)13-6-8(9(14)15)10-11-13/h6-7H,2-5H2,1H3,(H,14,15). The van der Waals surface area contributed by atoms with Crippen molar-refractivity contribution in [2.45, 2.75) is 6.04 Å². The molecule has 0 amide bonds. The van der Waals surface area contributed by atoms with Crippen LogP contribution in [-0.2, 0) is 4.74 Å². The molecule has 0 aromatic carbocycles. The van der Waals surface area contributed by atoms with Gasteiger partial charge in [-0.1, -0.05) is 5.21 Å². The molecule has 1 aliphatic rings. The van der Waals surface area contributed by atoms with Crippen LogP contribution in [0.2, 0.25) is 0 Å². The molecule has 1 aliphatic heterocycles. The van der Waals surface area contributed by atoms with E-state index in [1.165, 1.54) is 6.20 Å². The summed E-state index contributed by atoms with van der Waals surface area (Å²) in [5, 5.41) is 16.1. The van der Waals surface area contributed by atoms with E-state index in [0.29, 0.717) is 6.61 Å². The van der Waals surface area contributed by atoms with E-state index >= 15 is 0 Å². The molecule has 1 aromatic rings. The highest BCUT2D eigenvalue weighted by molar-refractivity contribution is 5.84. The summed E-state index contributed by atoms with van der Waals surface area (Å²) in [7, 11) is 1.67. The maximum atomic E-state index is 10.6. The van der Waals surface area contributed by atoms with Crippen molar-refractivity contribution >= 4 is 5.97 Å². The Hall–Kier alpha value is -1.47. The summed E-state index contributed by atoms with van der Waals surface area (Å²) in [5.74, 6) is -1.04. The molecule has 0 radical (unpaired) electrons. The molecule has 16 heavy (non-hydrogen) atoms. The summed E-state index contributed by atoms with van der Waals surface area (Å²) < 4.78 is 6.59. The quantitative estimate of drug-likeness (QED) is 0.727. The fourth-order valence-corrected chi connectivity index (χ4v) is 1.67. The zero-order valence-corrected chi connectivity index (χ0v) is 9.04. The number of ether oxygens (including phenoxy) is 1. The fraction of sp³-hybridized carbons (Fsp3) is 0.667. The van der Waals surface area contributed by atoms with Gasteiger partial charge in [-0.25, -0.2) is 9.48 Å². The van der Waals surface area contributed by atoms with Crippen molar-refractivity contribution in [3.05, 3.63) is 11.9 Å². The summed E-state index contributed by atoms with van der Waals surface area (Å²) in [6.07, 6.45) is 1.47. The Morgan fingerprint density at radius 2 is 2.44 bits per heavy atom. The number of aromatic nitrogens is 3. The van der Waals surface area contributed by atoms with Crippen LogP contribution in [0.25, 0.3) is 0 Å². The number of hydrogen-bond donors (Lipinski definition) is 1. The molecule has 0 bridgehead atoms. The molecule has 0 unspecified atom stereocenters. The average molecular weight is 226 g/mol. The number of nitrogens with zero attached hydrogens (tertiary/aromatic N) is 4. The van der Waals surface area contributed by atoms with Gasteiger partial charge in [-0.15, -0.1) is 5.10 Å². The molecule has 0 saturated carbocycles. The van der Waals surface area contributed by atoms with Crippen molar-refractivity contribution in [3.8, 4) is 0 Å². The van der Waals surface area contributed by atoms with Gasteiger partial charge in [0.25, 0.3) is 0 Å². The summed E-state index contributed by atoms with van der Waals surface area (Å²) in [5.41, 5.74) is -0.00431. The molecular formula is C9H14N4O3. The smallest absolute Gasteiger partial charge is 0.358 e. The van der Waals surface area contributed by atoms with E-state index in [2.05, 4.69) is 15.2 Å². The monoisotopic (exact) mass is 226 g/mol. The first-order valence-corrected chi connectivity index (χ1v) is 5.07. The van der Waals surface area contributed by atoms with Crippen molar-refractivity contribution < 1.29 is 14.6 Å². The number of carbonyl (C=O) groups is 1. The highest BCUT2D eigenvalue weighted by atomic mass is 16.5. The minimum Gasteiger partial charge on any atom is -0.476 e. The van der Waals surface area contributed by atoms with Crippen LogP contribution in [0.3, 0.4) is 0 Å². The average Bonchev–Trinajstić information content (AvgIpc) is 2.64. The summed E-state index contributed by atoms with van der Waals surface area (Å²) >= 11 is 0. The van der Waals surface area contributed by atoms with E-state index in [-0.39, 0.29) is 11.7 Å². The van der Waals surface area contributed by atoms with Gasteiger partial charge in [-0.05, 0) is 0 Å². The van der Waals surface area contributed by atoms with Crippen LogP contribution >= 0.6 is 0 Å². The van der Waals surface area contributed by atoms with E-state index in [4.69, 9.17) is 9.84 Å². The molecule has 0 atom stereocenters. The van der Waals surface area contributed by atoms with Gasteiger partial charge in [-0.2, -0.15) is 0 Å². The zero-order chi connectivity index (χ0) is 11.5. The Bertz CT molecular complexity index is 373. The van der Waals surface area contributed by atoms with Crippen molar-refractivity contribution in [1.29, 1.82) is 0 Å². The molecule has 88 valence electrons. The van der Waals surface area contributed by atoms with E-state index in [1.54, 1.807) is 11.8 Å². The largest absolute Gasteiger partial charge is 0.476 e. The van der Waals surface area contributed by atoms with Crippen LogP contribution in [0.5, 0.6) is 0 Å². The van der Waals surface area contributed by atoms with Gasteiger partial charge in [0.1, 0.15) is 0 Å². The minimum atomic E-state index is -1.04. The number of carboxylic acids is 1. The normalized spacial score (nSPS) is 17.3. The van der Waals surface area contributed by atoms with E-state index < -0.39 is 5.97 Å². The van der Waals surface area contributed by atoms with Crippen LogP contribution in [-0.4, -0.2) is 64.3 Å². The van der Waals surface area contributed by atoms with Crippen LogP contribution in [0.15, 0.2) is 6.20 Å².